The molecule has 0 spiro atoms. The van der Waals surface area contributed by atoms with Gasteiger partial charge in [-0.2, -0.15) is 13.2 Å². The molecule has 1 aliphatic heterocycles. The number of carbonyl (C=O) groups is 1. The van der Waals surface area contributed by atoms with E-state index in [9.17, 15) is 27.5 Å². The van der Waals surface area contributed by atoms with Crippen LogP contribution in [0.5, 0.6) is 0 Å². The van der Waals surface area contributed by atoms with Gasteiger partial charge in [-0.15, -0.1) is 10.2 Å². The molecule has 5 nitrogen and oxygen atoms in total. The van der Waals surface area contributed by atoms with Crippen molar-refractivity contribution >= 4 is 12.1 Å². The minimum atomic E-state index is -5.00. The zero-order valence-electron chi connectivity index (χ0n) is 15.9. The van der Waals surface area contributed by atoms with Crippen molar-refractivity contribution in [2.75, 3.05) is 4.90 Å². The number of allylic oxidation sites excluding steroid dienone is 1. The van der Waals surface area contributed by atoms with Crippen LogP contribution >= 0.6 is 0 Å². The highest BCUT2D eigenvalue weighted by Crippen LogP contribution is 2.45. The Morgan fingerprint density at radius 3 is 2.46 bits per heavy atom. The fraction of sp³-hybridized carbons (Fsp3) is 0.526. The van der Waals surface area contributed by atoms with E-state index in [1.54, 1.807) is 6.07 Å². The van der Waals surface area contributed by atoms with Crippen molar-refractivity contribution in [3.8, 4) is 0 Å². The molecule has 2 rings (SSSR count). The molecule has 1 heterocycles. The van der Waals surface area contributed by atoms with Gasteiger partial charge in [0.25, 0.3) is 5.79 Å². The highest BCUT2D eigenvalue weighted by Gasteiger charge is 2.50. The van der Waals surface area contributed by atoms with Gasteiger partial charge in [-0.05, 0) is 26.3 Å². The average molecular weight is 401 g/mol. The van der Waals surface area contributed by atoms with E-state index >= 15 is 0 Å². The topological polar surface area (TPSA) is 65.3 Å². The Hall–Kier alpha value is -2.29. The lowest BCUT2D eigenvalue weighted by atomic mass is 9.88. The molecule has 28 heavy (non-hydrogen) atoms. The Morgan fingerprint density at radius 2 is 1.89 bits per heavy atom. The molecule has 154 valence electrons. The third kappa shape index (κ3) is 4.40. The Balaban J connectivity index is 2.59. The second-order valence-corrected chi connectivity index (χ2v) is 7.07. The van der Waals surface area contributed by atoms with Crippen molar-refractivity contribution in [2.24, 2.45) is 10.2 Å². The second kappa shape index (κ2) is 7.98. The van der Waals surface area contributed by atoms with Crippen LogP contribution in [0, 0.1) is 0 Å². The number of anilines is 1. The van der Waals surface area contributed by atoms with Gasteiger partial charge in [0, 0.05) is 5.56 Å². The number of unbranched alkanes of at least 4 members (excludes halogenated alkanes) is 2. The zero-order chi connectivity index (χ0) is 21.2. The number of nitrogens with zero attached hydrogens (tertiary/aromatic N) is 3. The summed E-state index contributed by atoms with van der Waals surface area (Å²) in [4.78, 5) is 12.3. The van der Waals surface area contributed by atoms with Gasteiger partial charge in [-0.3, -0.25) is 9.69 Å². The number of benzene rings is 1. The lowest BCUT2D eigenvalue weighted by Gasteiger charge is -2.32. The summed E-state index contributed by atoms with van der Waals surface area (Å²) in [6.45, 7) is 4.31. The summed E-state index contributed by atoms with van der Waals surface area (Å²) in [6.07, 6.45) is -2.13. The van der Waals surface area contributed by atoms with Crippen LogP contribution in [-0.4, -0.2) is 23.5 Å². The molecule has 1 aliphatic rings. The van der Waals surface area contributed by atoms with E-state index in [4.69, 9.17) is 0 Å². The molecule has 0 saturated carbocycles. The van der Waals surface area contributed by atoms with Gasteiger partial charge in [0.2, 0.25) is 6.41 Å². The molecule has 0 saturated heterocycles. The Bertz CT molecular complexity index is 786. The van der Waals surface area contributed by atoms with Gasteiger partial charge in [0.1, 0.15) is 5.70 Å². The number of para-hydroxylation sites is 1. The molecule has 0 fully saturated rings. The first-order valence-corrected chi connectivity index (χ1v) is 8.96. The summed E-state index contributed by atoms with van der Waals surface area (Å²) >= 11 is 0. The summed E-state index contributed by atoms with van der Waals surface area (Å²) in [6, 6.07) is 5.94. The first-order valence-electron chi connectivity index (χ1n) is 8.96. The molecule has 2 atom stereocenters. The zero-order valence-corrected chi connectivity index (χ0v) is 15.9. The molecular weight excluding hydrogens is 378 g/mol. The summed E-state index contributed by atoms with van der Waals surface area (Å²) in [5.74, 6) is -2.84. The van der Waals surface area contributed by atoms with Crippen LogP contribution in [-0.2, 0) is 10.4 Å². The van der Waals surface area contributed by atoms with Gasteiger partial charge < -0.3 is 5.11 Å². The first-order chi connectivity index (χ1) is 13.0. The summed E-state index contributed by atoms with van der Waals surface area (Å²) < 4.78 is 54.8. The highest BCUT2D eigenvalue weighted by molar-refractivity contribution is 5.83. The molecule has 1 N–H and O–H groups in total. The summed E-state index contributed by atoms with van der Waals surface area (Å²) in [5.41, 5.74) is -3.86. The fourth-order valence-corrected chi connectivity index (χ4v) is 3.20. The second-order valence-electron chi connectivity index (χ2n) is 7.07. The Labute approximate surface area is 160 Å². The summed E-state index contributed by atoms with van der Waals surface area (Å²) in [5, 5.41) is 16.9. The van der Waals surface area contributed by atoms with E-state index in [1.807, 2.05) is 6.92 Å². The normalized spacial score (nSPS) is 21.7. The van der Waals surface area contributed by atoms with Crippen LogP contribution < -0.4 is 4.90 Å². The smallest absolute Gasteiger partial charge is 0.385 e. The van der Waals surface area contributed by atoms with E-state index in [1.165, 1.54) is 25.1 Å². The highest BCUT2D eigenvalue weighted by atomic mass is 19.4. The van der Waals surface area contributed by atoms with E-state index < -0.39 is 29.0 Å². The van der Waals surface area contributed by atoms with Crippen molar-refractivity contribution in [3.63, 3.8) is 0 Å². The number of halogens is 4. The van der Waals surface area contributed by atoms with E-state index in [0.29, 0.717) is 17.7 Å². The van der Waals surface area contributed by atoms with Gasteiger partial charge in [0.05, 0.1) is 11.3 Å². The molecule has 0 aromatic heterocycles. The van der Waals surface area contributed by atoms with Crippen LogP contribution in [0.2, 0.25) is 0 Å². The fourth-order valence-electron chi connectivity index (χ4n) is 3.20. The quantitative estimate of drug-likeness (QED) is 0.276. The monoisotopic (exact) mass is 401 g/mol. The van der Waals surface area contributed by atoms with Crippen molar-refractivity contribution in [1.82, 2.24) is 0 Å². The minimum absolute atomic E-state index is 0.0491. The third-order valence-corrected chi connectivity index (χ3v) is 4.62. The molecule has 2 unspecified atom stereocenters. The number of aliphatic hydroxyl groups is 1. The maximum absolute atomic E-state index is 14.8. The first kappa shape index (κ1) is 22.0. The molecule has 0 aliphatic carbocycles. The van der Waals surface area contributed by atoms with Gasteiger partial charge in [-0.25, -0.2) is 4.39 Å². The van der Waals surface area contributed by atoms with Crippen molar-refractivity contribution in [2.45, 2.75) is 64.0 Å². The molecule has 1 aromatic rings. The van der Waals surface area contributed by atoms with Gasteiger partial charge in [0.15, 0.2) is 5.70 Å². The number of amides is 1. The number of hydrogen-bond acceptors (Lipinski definition) is 4. The van der Waals surface area contributed by atoms with Crippen LogP contribution in [0.15, 0.2) is 45.9 Å². The van der Waals surface area contributed by atoms with E-state index in [2.05, 4.69) is 10.2 Å². The Kier molecular flexibility index (Phi) is 6.27. The maximum Gasteiger partial charge on any atom is 0.437 e. The van der Waals surface area contributed by atoms with Crippen LogP contribution in [0.4, 0.5) is 23.2 Å². The molecule has 9 heteroatoms. The SMILES string of the molecule is CCCCCC(C)(O)c1ccccc1N(C=O)C1=C(C(F)(F)F)N=NC1(C)F. The van der Waals surface area contributed by atoms with Gasteiger partial charge >= 0.3 is 6.18 Å². The predicted molar refractivity (Wildman–Crippen MR) is 96.1 cm³/mol. The molecule has 0 bridgehead atoms. The number of carbonyl (C=O) groups excluding carboxylic acids is 1. The third-order valence-electron chi connectivity index (χ3n) is 4.62. The standard InChI is InChI=1S/C19H23F4N3O2/c1-4-5-8-11-17(2,28)13-9-6-7-10-14(13)26(12-27)16-15(19(21,22)23)24-25-18(16,3)20/h6-7,9-10,12,28H,4-5,8,11H2,1-3H3. The largest absolute Gasteiger partial charge is 0.437 e. The van der Waals surface area contributed by atoms with Crippen molar-refractivity contribution in [3.05, 3.63) is 41.2 Å². The number of azo groups is 1. The molecule has 0 radical (unpaired) electrons. The minimum Gasteiger partial charge on any atom is -0.385 e. The number of rotatable bonds is 8. The van der Waals surface area contributed by atoms with Crippen molar-refractivity contribution < 1.29 is 27.5 Å². The van der Waals surface area contributed by atoms with Crippen molar-refractivity contribution in [1.29, 1.82) is 0 Å². The van der Waals surface area contributed by atoms with Crippen LogP contribution in [0.1, 0.15) is 52.0 Å². The molecular formula is C19H23F4N3O2. The van der Waals surface area contributed by atoms with Crippen LogP contribution in [0.25, 0.3) is 0 Å². The van der Waals surface area contributed by atoms with Crippen LogP contribution in [0.3, 0.4) is 0 Å². The predicted octanol–water partition coefficient (Wildman–Crippen LogP) is 5.36. The van der Waals surface area contributed by atoms with E-state index in [-0.39, 0.29) is 17.7 Å². The maximum atomic E-state index is 14.8. The molecule has 1 aromatic carbocycles. The molecule has 1 amide bonds. The average Bonchev–Trinajstić information content (AvgIpc) is 2.92. The van der Waals surface area contributed by atoms with E-state index in [0.717, 1.165) is 19.8 Å². The lowest BCUT2D eigenvalue weighted by Crippen LogP contribution is -2.36. The Morgan fingerprint density at radius 1 is 1.25 bits per heavy atom. The number of hydrogen-bond donors (Lipinski definition) is 1. The number of alkyl halides is 4. The lowest BCUT2D eigenvalue weighted by molar-refractivity contribution is -0.107. The van der Waals surface area contributed by atoms with Gasteiger partial charge in [-0.1, -0.05) is 44.4 Å². The summed E-state index contributed by atoms with van der Waals surface area (Å²) in [7, 11) is 0.